The monoisotopic (exact) mass is 336 g/mol. The smallest absolute Gasteiger partial charge is 0.267 e. The number of rotatable bonds is 3. The fourth-order valence-electron chi connectivity index (χ4n) is 6.59. The first kappa shape index (κ1) is 15.5. The van der Waals surface area contributed by atoms with Crippen molar-refractivity contribution in [3.63, 3.8) is 0 Å². The lowest BCUT2D eigenvalue weighted by Crippen LogP contribution is -2.51. The Morgan fingerprint density at radius 2 is 1.72 bits per heavy atom. The number of aromatic nitrogens is 1. The van der Waals surface area contributed by atoms with E-state index in [2.05, 4.69) is 36.3 Å². The first-order valence-corrected chi connectivity index (χ1v) is 9.88. The maximum Gasteiger partial charge on any atom is 0.267 e. The van der Waals surface area contributed by atoms with E-state index < -0.39 is 0 Å². The van der Waals surface area contributed by atoms with Crippen molar-refractivity contribution in [2.75, 3.05) is 6.54 Å². The van der Waals surface area contributed by atoms with Gasteiger partial charge in [-0.15, -0.1) is 0 Å². The molecule has 4 aliphatic rings. The number of hydrogen-bond acceptors (Lipinski definition) is 1. The zero-order chi connectivity index (χ0) is 17.2. The number of amides is 1. The summed E-state index contributed by atoms with van der Waals surface area (Å²) in [6, 6.07) is 6.31. The molecule has 1 amide bonds. The van der Waals surface area contributed by atoms with Crippen LogP contribution in [0.3, 0.4) is 0 Å². The van der Waals surface area contributed by atoms with Gasteiger partial charge in [0.2, 0.25) is 0 Å². The van der Waals surface area contributed by atoms with Crippen molar-refractivity contribution in [1.82, 2.24) is 10.3 Å². The molecule has 0 saturated heterocycles. The normalized spacial score (nSPS) is 33.1. The van der Waals surface area contributed by atoms with Crippen molar-refractivity contribution in [2.45, 2.75) is 52.4 Å². The molecule has 3 heteroatoms. The third-order valence-corrected chi connectivity index (χ3v) is 7.12. The van der Waals surface area contributed by atoms with Crippen LogP contribution in [0.5, 0.6) is 0 Å². The molecule has 0 aliphatic heterocycles. The van der Waals surface area contributed by atoms with Crippen molar-refractivity contribution in [2.24, 2.45) is 23.2 Å². The van der Waals surface area contributed by atoms with Crippen LogP contribution in [0.1, 0.15) is 60.1 Å². The lowest BCUT2D eigenvalue weighted by Gasteiger charge is -2.56. The van der Waals surface area contributed by atoms with Crippen LogP contribution < -0.4 is 5.32 Å². The second kappa shape index (κ2) is 5.36. The standard InChI is InChI=1S/C22H28N2O/c1-13-3-14(2)18-8-20(24-19(18)4-13)21(25)23-12-22-9-15-5-16(10-22)7-17(6-15)11-22/h3-4,8,15-17,24H,5-7,9-12H2,1-2H3,(H,23,25). The van der Waals surface area contributed by atoms with E-state index in [0.29, 0.717) is 11.1 Å². The van der Waals surface area contributed by atoms with E-state index in [1.807, 2.05) is 6.07 Å². The molecule has 25 heavy (non-hydrogen) atoms. The minimum Gasteiger partial charge on any atom is -0.351 e. The van der Waals surface area contributed by atoms with E-state index >= 15 is 0 Å². The highest BCUT2D eigenvalue weighted by atomic mass is 16.1. The first-order chi connectivity index (χ1) is 12.0. The molecule has 1 aromatic heterocycles. The predicted molar refractivity (Wildman–Crippen MR) is 101 cm³/mol. The van der Waals surface area contributed by atoms with Crippen molar-refractivity contribution >= 4 is 16.8 Å². The molecular weight excluding hydrogens is 308 g/mol. The largest absolute Gasteiger partial charge is 0.351 e. The van der Waals surface area contributed by atoms with Gasteiger partial charge in [-0.05, 0) is 98.8 Å². The Kier molecular flexibility index (Phi) is 3.32. The van der Waals surface area contributed by atoms with Crippen LogP contribution in [-0.2, 0) is 0 Å². The zero-order valence-corrected chi connectivity index (χ0v) is 15.3. The molecular formula is C22H28N2O. The van der Waals surface area contributed by atoms with Gasteiger partial charge in [-0.2, -0.15) is 0 Å². The highest BCUT2D eigenvalue weighted by Gasteiger charge is 2.50. The predicted octanol–water partition coefficient (Wildman–Crippen LogP) is 4.73. The molecule has 1 aromatic carbocycles. The summed E-state index contributed by atoms with van der Waals surface area (Å²) in [4.78, 5) is 16.1. The topological polar surface area (TPSA) is 44.9 Å². The third kappa shape index (κ3) is 2.59. The van der Waals surface area contributed by atoms with E-state index in [9.17, 15) is 4.79 Å². The molecule has 0 unspecified atom stereocenters. The summed E-state index contributed by atoms with van der Waals surface area (Å²) in [7, 11) is 0. The molecule has 4 saturated carbocycles. The van der Waals surface area contributed by atoms with Crippen molar-refractivity contribution in [1.29, 1.82) is 0 Å². The van der Waals surface area contributed by atoms with Crippen LogP contribution in [0.2, 0.25) is 0 Å². The number of H-pyrrole nitrogens is 1. The van der Waals surface area contributed by atoms with Crippen molar-refractivity contribution in [3.8, 4) is 0 Å². The van der Waals surface area contributed by atoms with E-state index in [0.717, 1.165) is 35.2 Å². The molecule has 2 N–H and O–H groups in total. The SMILES string of the molecule is Cc1cc(C)c2cc(C(=O)NCC34CC5CC(CC(C5)C3)C4)[nH]c2c1. The number of carbonyl (C=O) groups is 1. The summed E-state index contributed by atoms with van der Waals surface area (Å²) < 4.78 is 0. The van der Waals surface area contributed by atoms with Crippen LogP contribution in [-0.4, -0.2) is 17.4 Å². The number of fused-ring (bicyclic) bond motifs is 1. The maximum atomic E-state index is 12.8. The molecule has 132 valence electrons. The minimum atomic E-state index is 0.0593. The number of nitrogens with one attached hydrogen (secondary N) is 2. The molecule has 0 radical (unpaired) electrons. The van der Waals surface area contributed by atoms with E-state index in [4.69, 9.17) is 0 Å². The molecule has 4 fully saturated rings. The average Bonchev–Trinajstić information content (AvgIpc) is 2.96. The van der Waals surface area contributed by atoms with E-state index in [-0.39, 0.29) is 5.91 Å². The highest BCUT2D eigenvalue weighted by molar-refractivity contribution is 5.99. The number of aromatic amines is 1. The Labute approximate surface area is 149 Å². The van der Waals surface area contributed by atoms with Gasteiger partial charge in [0, 0.05) is 17.4 Å². The van der Waals surface area contributed by atoms with Gasteiger partial charge in [-0.25, -0.2) is 0 Å². The van der Waals surface area contributed by atoms with Gasteiger partial charge >= 0.3 is 0 Å². The van der Waals surface area contributed by atoms with Crippen LogP contribution >= 0.6 is 0 Å². The van der Waals surface area contributed by atoms with E-state index in [1.54, 1.807) is 0 Å². The van der Waals surface area contributed by atoms with Crippen LogP contribution in [0.25, 0.3) is 10.9 Å². The molecule has 1 heterocycles. The number of hydrogen-bond donors (Lipinski definition) is 2. The average molecular weight is 336 g/mol. The van der Waals surface area contributed by atoms with Gasteiger partial charge in [-0.1, -0.05) is 6.07 Å². The van der Waals surface area contributed by atoms with Crippen LogP contribution in [0.4, 0.5) is 0 Å². The Morgan fingerprint density at radius 1 is 1.08 bits per heavy atom. The summed E-state index contributed by atoms with van der Waals surface area (Å²) in [6.07, 6.45) is 8.37. The minimum absolute atomic E-state index is 0.0593. The second-order valence-corrected chi connectivity index (χ2v) is 9.33. The summed E-state index contributed by atoms with van der Waals surface area (Å²) in [5.74, 6) is 2.86. The Bertz CT molecular complexity index is 812. The van der Waals surface area contributed by atoms with Gasteiger partial charge < -0.3 is 10.3 Å². The van der Waals surface area contributed by atoms with Crippen LogP contribution in [0, 0.1) is 37.0 Å². The van der Waals surface area contributed by atoms with Gasteiger partial charge in [-0.3, -0.25) is 4.79 Å². The number of carbonyl (C=O) groups excluding carboxylic acids is 1. The van der Waals surface area contributed by atoms with Gasteiger partial charge in [0.25, 0.3) is 5.91 Å². The lowest BCUT2D eigenvalue weighted by atomic mass is 9.49. The van der Waals surface area contributed by atoms with Crippen molar-refractivity contribution in [3.05, 3.63) is 35.0 Å². The number of aryl methyl sites for hydroxylation is 2. The summed E-state index contributed by atoms with van der Waals surface area (Å²) >= 11 is 0. The van der Waals surface area contributed by atoms with Gasteiger partial charge in [0.1, 0.15) is 5.69 Å². The fourth-order valence-corrected chi connectivity index (χ4v) is 6.59. The second-order valence-electron chi connectivity index (χ2n) is 9.33. The third-order valence-electron chi connectivity index (χ3n) is 7.12. The summed E-state index contributed by atoms with van der Waals surface area (Å²) in [5.41, 5.74) is 4.62. The maximum absolute atomic E-state index is 12.8. The first-order valence-electron chi connectivity index (χ1n) is 9.88. The zero-order valence-electron chi connectivity index (χ0n) is 15.3. The quantitative estimate of drug-likeness (QED) is 0.836. The fraction of sp³-hybridized carbons (Fsp3) is 0.591. The Morgan fingerprint density at radius 3 is 2.36 bits per heavy atom. The molecule has 4 aliphatic carbocycles. The molecule has 3 nitrogen and oxygen atoms in total. The van der Waals surface area contributed by atoms with Gasteiger partial charge in [0.15, 0.2) is 0 Å². The molecule has 6 rings (SSSR count). The Hall–Kier alpha value is -1.77. The molecule has 0 spiro atoms. The molecule has 4 bridgehead atoms. The highest BCUT2D eigenvalue weighted by Crippen LogP contribution is 2.59. The lowest BCUT2D eigenvalue weighted by molar-refractivity contribution is -0.0503. The van der Waals surface area contributed by atoms with Gasteiger partial charge in [0.05, 0.1) is 0 Å². The molecule has 0 atom stereocenters. The van der Waals surface area contributed by atoms with Crippen molar-refractivity contribution < 1.29 is 4.79 Å². The van der Waals surface area contributed by atoms with E-state index in [1.165, 1.54) is 49.7 Å². The summed E-state index contributed by atoms with van der Waals surface area (Å²) in [5, 5.41) is 4.44. The number of benzene rings is 1. The summed E-state index contributed by atoms with van der Waals surface area (Å²) in [6.45, 7) is 5.07. The molecule has 2 aromatic rings. The van der Waals surface area contributed by atoms with Crippen LogP contribution in [0.15, 0.2) is 18.2 Å². The Balaban J connectivity index is 1.33.